The Labute approximate surface area is 394 Å². The van der Waals surface area contributed by atoms with E-state index >= 15 is 0 Å². The van der Waals surface area contributed by atoms with E-state index in [2.05, 4.69) is 38.2 Å². The number of esters is 1. The third-order valence-electron chi connectivity index (χ3n) is 12.9. The summed E-state index contributed by atoms with van der Waals surface area (Å²) in [6, 6.07) is 0. The average molecular weight is 909 g/mol. The minimum absolute atomic E-state index is 0.108. The van der Waals surface area contributed by atoms with Gasteiger partial charge in [-0.1, -0.05) is 231 Å². The molecule has 0 aromatic carbocycles. The van der Waals surface area contributed by atoms with Gasteiger partial charge in [0.25, 0.3) is 0 Å². The Morgan fingerprint density at radius 2 is 0.906 bits per heavy atom. The van der Waals surface area contributed by atoms with Crippen molar-refractivity contribution in [2.45, 2.75) is 295 Å². The summed E-state index contributed by atoms with van der Waals surface area (Å²) in [5.74, 6) is -0.308. The van der Waals surface area contributed by atoms with Crippen LogP contribution in [0.5, 0.6) is 0 Å². The first-order valence-corrected chi connectivity index (χ1v) is 27.4. The molecule has 1 saturated heterocycles. The van der Waals surface area contributed by atoms with Crippen LogP contribution >= 0.6 is 0 Å². The van der Waals surface area contributed by atoms with Gasteiger partial charge in [-0.15, -0.1) is 0 Å². The fraction of sp³-hybridized carbons (Fsp3) is 0.909. The highest BCUT2D eigenvalue weighted by Gasteiger charge is 2.44. The molecule has 0 aromatic rings. The Balaban J connectivity index is 2.13. The molecule has 4 N–H and O–H groups in total. The van der Waals surface area contributed by atoms with Crippen molar-refractivity contribution in [2.24, 2.45) is 0 Å². The molecule has 1 fully saturated rings. The molecule has 6 unspecified atom stereocenters. The summed E-state index contributed by atoms with van der Waals surface area (Å²) in [6.45, 7) is 4.60. The summed E-state index contributed by atoms with van der Waals surface area (Å²) in [6.07, 6.45) is 49.3. The van der Waals surface area contributed by atoms with E-state index in [4.69, 9.17) is 18.9 Å². The van der Waals surface area contributed by atoms with Gasteiger partial charge in [-0.3, -0.25) is 4.79 Å². The highest BCUT2D eigenvalue weighted by molar-refractivity contribution is 5.69. The SMILES string of the molecule is CCCCCCC/C=C\C/C=C\CCCCCCCCCCCCCCCCOCC(COC1OC(CO)C(O)C(O)C1O)OC(=O)CCCCCCCCCCCCCCCCC. The summed E-state index contributed by atoms with van der Waals surface area (Å²) in [5, 5.41) is 40.3. The maximum absolute atomic E-state index is 12.8. The molecule has 64 heavy (non-hydrogen) atoms. The maximum atomic E-state index is 12.8. The second kappa shape index (κ2) is 46.8. The highest BCUT2D eigenvalue weighted by atomic mass is 16.7. The molecule has 1 heterocycles. The van der Waals surface area contributed by atoms with Crippen LogP contribution in [0.25, 0.3) is 0 Å². The Hall–Kier alpha value is -1.33. The maximum Gasteiger partial charge on any atom is 0.306 e. The summed E-state index contributed by atoms with van der Waals surface area (Å²) in [5.41, 5.74) is 0. The van der Waals surface area contributed by atoms with Crippen LogP contribution in [0.3, 0.4) is 0 Å². The molecule has 1 aliphatic heterocycles. The first-order chi connectivity index (χ1) is 31.4. The van der Waals surface area contributed by atoms with E-state index < -0.39 is 43.4 Å². The van der Waals surface area contributed by atoms with Gasteiger partial charge in [0, 0.05) is 13.0 Å². The van der Waals surface area contributed by atoms with Crippen LogP contribution in [0.15, 0.2) is 24.3 Å². The second-order valence-electron chi connectivity index (χ2n) is 19.0. The smallest absolute Gasteiger partial charge is 0.306 e. The van der Waals surface area contributed by atoms with Gasteiger partial charge in [0.15, 0.2) is 6.29 Å². The van der Waals surface area contributed by atoms with E-state index in [0.717, 1.165) is 38.5 Å². The van der Waals surface area contributed by atoms with Gasteiger partial charge in [0.1, 0.15) is 30.5 Å². The van der Waals surface area contributed by atoms with Crippen molar-refractivity contribution in [3.05, 3.63) is 24.3 Å². The fourth-order valence-corrected chi connectivity index (χ4v) is 8.58. The van der Waals surface area contributed by atoms with E-state index in [1.807, 2.05) is 0 Å². The lowest BCUT2D eigenvalue weighted by molar-refractivity contribution is -0.305. The quantitative estimate of drug-likeness (QED) is 0.0267. The molecule has 0 spiro atoms. The average Bonchev–Trinajstić information content (AvgIpc) is 3.30. The van der Waals surface area contributed by atoms with E-state index in [1.54, 1.807) is 0 Å². The van der Waals surface area contributed by atoms with Gasteiger partial charge in [-0.2, -0.15) is 0 Å². The summed E-state index contributed by atoms with van der Waals surface area (Å²) < 4.78 is 22.9. The Kier molecular flexibility index (Phi) is 44.3. The number of aliphatic hydroxyl groups is 4. The lowest BCUT2D eigenvalue weighted by Gasteiger charge is -2.39. The molecule has 0 aromatic heterocycles. The Morgan fingerprint density at radius 1 is 0.500 bits per heavy atom. The largest absolute Gasteiger partial charge is 0.457 e. The van der Waals surface area contributed by atoms with Crippen molar-refractivity contribution in [1.29, 1.82) is 0 Å². The predicted octanol–water partition coefficient (Wildman–Crippen LogP) is 13.7. The molecule has 0 radical (unpaired) electrons. The van der Waals surface area contributed by atoms with Gasteiger partial charge in [-0.25, -0.2) is 0 Å². The zero-order chi connectivity index (χ0) is 46.4. The monoisotopic (exact) mass is 909 g/mol. The van der Waals surface area contributed by atoms with E-state index in [0.29, 0.717) is 13.0 Å². The Bertz CT molecular complexity index is 1040. The molecular weight excluding hydrogens is 805 g/mol. The Morgan fingerprint density at radius 3 is 1.34 bits per heavy atom. The van der Waals surface area contributed by atoms with Crippen LogP contribution in [0, 0.1) is 0 Å². The summed E-state index contributed by atoms with van der Waals surface area (Å²) in [7, 11) is 0. The fourth-order valence-electron chi connectivity index (χ4n) is 8.58. The second-order valence-corrected chi connectivity index (χ2v) is 19.0. The number of rotatable bonds is 48. The molecule has 9 nitrogen and oxygen atoms in total. The first kappa shape index (κ1) is 60.7. The van der Waals surface area contributed by atoms with Crippen molar-refractivity contribution < 1.29 is 44.2 Å². The van der Waals surface area contributed by atoms with Gasteiger partial charge < -0.3 is 39.4 Å². The lowest BCUT2D eigenvalue weighted by Crippen LogP contribution is -2.59. The number of unbranched alkanes of at least 4 members (excludes halogenated alkanes) is 33. The van der Waals surface area contributed by atoms with Crippen molar-refractivity contribution in [2.75, 3.05) is 26.4 Å². The molecule has 378 valence electrons. The topological polar surface area (TPSA) is 135 Å². The predicted molar refractivity (Wildman–Crippen MR) is 265 cm³/mol. The number of allylic oxidation sites excluding steroid dienone is 4. The zero-order valence-electron chi connectivity index (χ0n) is 41.8. The number of aliphatic hydroxyl groups excluding tert-OH is 4. The van der Waals surface area contributed by atoms with Crippen LogP contribution in [-0.2, 0) is 23.7 Å². The molecular formula is C55H104O9. The number of carbonyl (C=O) groups is 1. The first-order valence-electron chi connectivity index (χ1n) is 27.4. The zero-order valence-corrected chi connectivity index (χ0v) is 41.8. The van der Waals surface area contributed by atoms with Crippen LogP contribution in [0.2, 0.25) is 0 Å². The summed E-state index contributed by atoms with van der Waals surface area (Å²) >= 11 is 0. The van der Waals surface area contributed by atoms with E-state index in [-0.39, 0.29) is 19.2 Å². The normalized spacial score (nSPS) is 19.6. The lowest BCUT2D eigenvalue weighted by atomic mass is 9.99. The molecule has 0 aliphatic carbocycles. The van der Waals surface area contributed by atoms with E-state index in [9.17, 15) is 25.2 Å². The molecule has 0 amide bonds. The van der Waals surface area contributed by atoms with E-state index in [1.165, 1.54) is 199 Å². The third kappa shape index (κ3) is 36.7. The molecule has 0 saturated carbocycles. The molecule has 9 heteroatoms. The molecule has 1 aliphatic rings. The molecule has 1 rings (SSSR count). The van der Waals surface area contributed by atoms with Gasteiger partial charge in [0.2, 0.25) is 0 Å². The number of hydrogen-bond donors (Lipinski definition) is 4. The van der Waals surface area contributed by atoms with Gasteiger partial charge >= 0.3 is 5.97 Å². The minimum atomic E-state index is -1.53. The van der Waals surface area contributed by atoms with Crippen molar-refractivity contribution in [3.8, 4) is 0 Å². The van der Waals surface area contributed by atoms with Gasteiger partial charge in [0.05, 0.1) is 19.8 Å². The number of carbonyl (C=O) groups excluding carboxylic acids is 1. The van der Waals surface area contributed by atoms with Crippen molar-refractivity contribution in [3.63, 3.8) is 0 Å². The third-order valence-corrected chi connectivity index (χ3v) is 12.9. The van der Waals surface area contributed by atoms with Crippen LogP contribution < -0.4 is 0 Å². The van der Waals surface area contributed by atoms with Crippen LogP contribution in [0.4, 0.5) is 0 Å². The molecule has 0 bridgehead atoms. The standard InChI is InChI=1S/C55H104O9/c1-3-5-7-9-11-13-15-17-19-20-21-22-23-24-25-26-27-28-29-31-33-35-37-39-41-43-45-61-47-49(48-62-55-54(60)53(59)52(58)50(46-56)64-55)63-51(57)44-42-40-38-36-34-32-30-18-16-14-12-10-8-6-4-2/h15,17,20-21,49-50,52-56,58-60H,3-14,16,18-19,22-48H2,1-2H3/b17-15-,21-20-. The number of hydrogen-bond acceptors (Lipinski definition) is 9. The minimum Gasteiger partial charge on any atom is -0.457 e. The van der Waals surface area contributed by atoms with Crippen molar-refractivity contribution >= 4 is 5.97 Å². The van der Waals surface area contributed by atoms with Crippen molar-refractivity contribution in [1.82, 2.24) is 0 Å². The van der Waals surface area contributed by atoms with Crippen LogP contribution in [0.1, 0.15) is 258 Å². The van der Waals surface area contributed by atoms with Crippen LogP contribution in [-0.4, -0.2) is 89.6 Å². The summed E-state index contributed by atoms with van der Waals surface area (Å²) in [4.78, 5) is 12.8. The number of ether oxygens (including phenoxy) is 4. The highest BCUT2D eigenvalue weighted by Crippen LogP contribution is 2.23. The van der Waals surface area contributed by atoms with Gasteiger partial charge in [-0.05, 0) is 44.9 Å². The molecule has 6 atom stereocenters.